The molecule has 0 aliphatic carbocycles. The average molecular weight is 402 g/mol. The number of aryl methyl sites for hydroxylation is 1. The van der Waals surface area contributed by atoms with Gasteiger partial charge in [-0.1, -0.05) is 48.5 Å². The number of aliphatic carboxylic acids is 2. The summed E-state index contributed by atoms with van der Waals surface area (Å²) in [6, 6.07) is 19.5. The molecule has 0 aliphatic rings. The molecular formula is C22H27NO4S. The third-order valence-corrected chi connectivity index (χ3v) is 5.25. The van der Waals surface area contributed by atoms with Crippen molar-refractivity contribution in [1.82, 2.24) is 4.90 Å². The summed E-state index contributed by atoms with van der Waals surface area (Å²) in [5, 5.41) is 16.1. The minimum absolute atomic E-state index is 0.514. The van der Waals surface area contributed by atoms with Crippen molar-refractivity contribution in [1.29, 1.82) is 0 Å². The van der Waals surface area contributed by atoms with Gasteiger partial charge in [0.1, 0.15) is 0 Å². The van der Waals surface area contributed by atoms with Crippen LogP contribution in [0.2, 0.25) is 0 Å². The van der Waals surface area contributed by atoms with Crippen LogP contribution in [0.5, 0.6) is 0 Å². The van der Waals surface area contributed by atoms with Gasteiger partial charge in [-0.05, 0) is 51.2 Å². The molecule has 0 radical (unpaired) electrons. The highest BCUT2D eigenvalue weighted by Gasteiger charge is 2.14. The molecule has 2 N–H and O–H groups in total. The Bertz CT molecular complexity index is 759. The van der Waals surface area contributed by atoms with E-state index in [4.69, 9.17) is 10.2 Å². The molecule has 2 aromatic rings. The molecule has 0 saturated heterocycles. The Hall–Kier alpha value is -2.57. The van der Waals surface area contributed by atoms with Crippen LogP contribution >= 0.6 is 11.8 Å². The fourth-order valence-corrected chi connectivity index (χ4v) is 3.56. The zero-order chi connectivity index (χ0) is 20.9. The van der Waals surface area contributed by atoms with Crippen molar-refractivity contribution in [3.63, 3.8) is 0 Å². The van der Waals surface area contributed by atoms with Crippen molar-refractivity contribution >= 4 is 23.7 Å². The number of benzene rings is 2. The Morgan fingerprint density at radius 3 is 2.00 bits per heavy atom. The summed E-state index contributed by atoms with van der Waals surface area (Å²) < 4.78 is 0. The van der Waals surface area contributed by atoms with Crippen LogP contribution < -0.4 is 0 Å². The molecule has 150 valence electrons. The first-order chi connectivity index (χ1) is 13.3. The molecule has 2 rings (SSSR count). The third-order valence-electron chi connectivity index (χ3n) is 3.74. The summed E-state index contributed by atoms with van der Waals surface area (Å²) in [7, 11) is 4.28. The Morgan fingerprint density at radius 1 is 0.964 bits per heavy atom. The van der Waals surface area contributed by atoms with E-state index < -0.39 is 11.9 Å². The number of thioether (sulfide) groups is 1. The SMILES string of the molecule is Cc1ccccc1SC(CCN(C)C)c1ccccc1.O=C(O)/C=C\C(=O)O. The Kier molecular flexibility index (Phi) is 10.7. The summed E-state index contributed by atoms with van der Waals surface area (Å²) in [5.41, 5.74) is 2.78. The highest BCUT2D eigenvalue weighted by atomic mass is 32.2. The first kappa shape index (κ1) is 23.5. The predicted molar refractivity (Wildman–Crippen MR) is 114 cm³/mol. The van der Waals surface area contributed by atoms with Gasteiger partial charge in [-0.25, -0.2) is 9.59 Å². The zero-order valence-corrected chi connectivity index (χ0v) is 17.2. The number of nitrogens with zero attached hydrogens (tertiary/aromatic N) is 1. The van der Waals surface area contributed by atoms with Gasteiger partial charge < -0.3 is 15.1 Å². The van der Waals surface area contributed by atoms with Gasteiger partial charge in [0.2, 0.25) is 0 Å². The first-order valence-corrected chi connectivity index (χ1v) is 9.73. The van der Waals surface area contributed by atoms with E-state index in [0.717, 1.165) is 13.0 Å². The van der Waals surface area contributed by atoms with E-state index in [1.54, 1.807) is 0 Å². The van der Waals surface area contributed by atoms with E-state index >= 15 is 0 Å². The van der Waals surface area contributed by atoms with Crippen LogP contribution in [0.4, 0.5) is 0 Å². The van der Waals surface area contributed by atoms with Crippen molar-refractivity contribution in [2.45, 2.75) is 23.5 Å². The van der Waals surface area contributed by atoms with Crippen LogP contribution in [0, 0.1) is 6.92 Å². The largest absolute Gasteiger partial charge is 0.478 e. The molecular weight excluding hydrogens is 374 g/mol. The van der Waals surface area contributed by atoms with Gasteiger partial charge in [-0.3, -0.25) is 0 Å². The predicted octanol–water partition coefficient (Wildman–Crippen LogP) is 4.49. The molecule has 5 nitrogen and oxygen atoms in total. The Labute approximate surface area is 170 Å². The molecule has 0 aliphatic heterocycles. The van der Waals surface area contributed by atoms with Gasteiger partial charge in [-0.2, -0.15) is 0 Å². The lowest BCUT2D eigenvalue weighted by atomic mass is 10.1. The van der Waals surface area contributed by atoms with Crippen LogP contribution in [0.1, 0.15) is 22.8 Å². The molecule has 28 heavy (non-hydrogen) atoms. The molecule has 0 saturated carbocycles. The van der Waals surface area contributed by atoms with E-state index in [0.29, 0.717) is 17.4 Å². The highest BCUT2D eigenvalue weighted by Crippen LogP contribution is 2.39. The number of carbonyl (C=O) groups is 2. The van der Waals surface area contributed by atoms with E-state index in [2.05, 4.69) is 80.5 Å². The number of carboxylic acids is 2. The second-order valence-corrected chi connectivity index (χ2v) is 7.63. The van der Waals surface area contributed by atoms with Gasteiger partial charge in [0.15, 0.2) is 0 Å². The Balaban J connectivity index is 0.000000416. The maximum Gasteiger partial charge on any atom is 0.328 e. The zero-order valence-electron chi connectivity index (χ0n) is 16.4. The lowest BCUT2D eigenvalue weighted by Crippen LogP contribution is -2.15. The summed E-state index contributed by atoms with van der Waals surface area (Å²) in [4.78, 5) is 22.8. The summed E-state index contributed by atoms with van der Waals surface area (Å²) >= 11 is 1.98. The number of carboxylic acid groups (broad SMARTS) is 2. The topological polar surface area (TPSA) is 77.8 Å². The standard InChI is InChI=1S/C18H23NS.C4H4O4/c1-15-9-7-8-12-17(15)20-18(13-14-19(2)3)16-10-5-4-6-11-16;5-3(6)1-2-4(7)8/h4-12,18H,13-14H2,1-3H3;1-2H,(H,5,6)(H,7,8)/b;2-1-. The van der Waals surface area contributed by atoms with Crippen molar-refractivity contribution in [2.75, 3.05) is 20.6 Å². The van der Waals surface area contributed by atoms with Gasteiger partial charge >= 0.3 is 11.9 Å². The quantitative estimate of drug-likeness (QED) is 0.501. The molecule has 0 aromatic heterocycles. The van der Waals surface area contributed by atoms with Crippen molar-refractivity contribution in [3.05, 3.63) is 77.9 Å². The monoisotopic (exact) mass is 401 g/mol. The smallest absolute Gasteiger partial charge is 0.328 e. The number of hydrogen-bond donors (Lipinski definition) is 2. The fraction of sp³-hybridized carbons (Fsp3) is 0.273. The van der Waals surface area contributed by atoms with Crippen LogP contribution in [-0.4, -0.2) is 47.7 Å². The average Bonchev–Trinajstić information content (AvgIpc) is 2.66. The van der Waals surface area contributed by atoms with Crippen molar-refractivity contribution < 1.29 is 19.8 Å². The summed E-state index contributed by atoms with van der Waals surface area (Å²) in [6.07, 6.45) is 2.28. The van der Waals surface area contributed by atoms with E-state index in [1.165, 1.54) is 16.0 Å². The van der Waals surface area contributed by atoms with Crippen LogP contribution in [0.3, 0.4) is 0 Å². The maximum absolute atomic E-state index is 9.55. The number of rotatable bonds is 8. The highest BCUT2D eigenvalue weighted by molar-refractivity contribution is 7.99. The van der Waals surface area contributed by atoms with Gasteiger partial charge in [0.05, 0.1) is 0 Å². The first-order valence-electron chi connectivity index (χ1n) is 8.85. The summed E-state index contributed by atoms with van der Waals surface area (Å²) in [5.74, 6) is -2.51. The molecule has 0 amide bonds. The second kappa shape index (κ2) is 12.8. The lowest BCUT2D eigenvalue weighted by molar-refractivity contribution is -0.134. The minimum Gasteiger partial charge on any atom is -0.478 e. The van der Waals surface area contributed by atoms with Crippen molar-refractivity contribution in [3.8, 4) is 0 Å². The second-order valence-electron chi connectivity index (χ2n) is 6.38. The minimum atomic E-state index is -1.26. The summed E-state index contributed by atoms with van der Waals surface area (Å²) in [6.45, 7) is 3.30. The molecule has 6 heteroatoms. The molecule has 2 aromatic carbocycles. The van der Waals surface area contributed by atoms with Crippen molar-refractivity contribution in [2.24, 2.45) is 0 Å². The van der Waals surface area contributed by atoms with Crippen LogP contribution in [0.15, 0.2) is 71.6 Å². The van der Waals surface area contributed by atoms with Gasteiger partial charge in [-0.15, -0.1) is 11.8 Å². The molecule has 0 heterocycles. The molecule has 0 fully saturated rings. The van der Waals surface area contributed by atoms with Crippen LogP contribution in [-0.2, 0) is 9.59 Å². The number of hydrogen-bond acceptors (Lipinski definition) is 4. The van der Waals surface area contributed by atoms with E-state index in [1.807, 2.05) is 11.8 Å². The van der Waals surface area contributed by atoms with Gasteiger partial charge in [0.25, 0.3) is 0 Å². The fourth-order valence-electron chi connectivity index (χ4n) is 2.32. The molecule has 0 bridgehead atoms. The third kappa shape index (κ3) is 9.94. The van der Waals surface area contributed by atoms with Crippen LogP contribution in [0.25, 0.3) is 0 Å². The Morgan fingerprint density at radius 2 is 1.50 bits per heavy atom. The van der Waals surface area contributed by atoms with Gasteiger partial charge in [0, 0.05) is 22.3 Å². The lowest BCUT2D eigenvalue weighted by Gasteiger charge is -2.20. The molecule has 0 spiro atoms. The normalized spacial score (nSPS) is 11.7. The van der Waals surface area contributed by atoms with E-state index in [9.17, 15) is 9.59 Å². The molecule has 1 unspecified atom stereocenters. The molecule has 1 atom stereocenters. The van der Waals surface area contributed by atoms with E-state index in [-0.39, 0.29) is 0 Å². The maximum atomic E-state index is 9.55.